The second-order valence-electron chi connectivity index (χ2n) is 4.48. The Morgan fingerprint density at radius 3 is 2.70 bits per heavy atom. The summed E-state index contributed by atoms with van der Waals surface area (Å²) in [4.78, 5) is 35.0. The van der Waals surface area contributed by atoms with Crippen LogP contribution in [0.15, 0.2) is 18.2 Å². The van der Waals surface area contributed by atoms with Crippen LogP contribution < -0.4 is 5.73 Å². The van der Waals surface area contributed by atoms with Crippen LogP contribution in [0, 0.1) is 10.1 Å². The minimum Gasteiger partial charge on any atom is -0.368 e. The SMILES string of the molecule is NC(=O)C1CCCN1C(=O)c1ccc([N+](=O)[O-])c(Cl)c1. The fourth-order valence-electron chi connectivity index (χ4n) is 2.26. The van der Waals surface area contributed by atoms with Gasteiger partial charge in [-0.3, -0.25) is 19.7 Å². The summed E-state index contributed by atoms with van der Waals surface area (Å²) in [5.41, 5.74) is 5.18. The summed E-state index contributed by atoms with van der Waals surface area (Å²) < 4.78 is 0. The molecular formula is C12H12ClN3O4. The maximum absolute atomic E-state index is 12.3. The van der Waals surface area contributed by atoms with Gasteiger partial charge < -0.3 is 10.6 Å². The standard InChI is InChI=1S/C12H12ClN3O4/c13-8-6-7(3-4-9(8)16(19)20)12(18)15-5-1-2-10(15)11(14)17/h3-4,6,10H,1-2,5H2,(H2,14,17). The van der Waals surface area contributed by atoms with Crippen molar-refractivity contribution in [3.63, 3.8) is 0 Å². The Labute approximate surface area is 119 Å². The van der Waals surface area contributed by atoms with Gasteiger partial charge in [0.2, 0.25) is 5.91 Å². The average molecular weight is 298 g/mol. The molecule has 1 fully saturated rings. The van der Waals surface area contributed by atoms with E-state index in [0.717, 1.165) is 0 Å². The smallest absolute Gasteiger partial charge is 0.287 e. The number of nitrogens with two attached hydrogens (primary N) is 1. The molecule has 2 amide bonds. The Bertz CT molecular complexity index is 590. The van der Waals surface area contributed by atoms with Gasteiger partial charge >= 0.3 is 0 Å². The quantitative estimate of drug-likeness (QED) is 0.671. The van der Waals surface area contributed by atoms with Gasteiger partial charge in [-0.1, -0.05) is 11.6 Å². The Morgan fingerprint density at radius 2 is 2.15 bits per heavy atom. The van der Waals surface area contributed by atoms with Crippen molar-refractivity contribution in [3.8, 4) is 0 Å². The first-order valence-corrected chi connectivity index (χ1v) is 6.34. The van der Waals surface area contributed by atoms with E-state index >= 15 is 0 Å². The van der Waals surface area contributed by atoms with Crippen LogP contribution in [0.1, 0.15) is 23.2 Å². The van der Waals surface area contributed by atoms with E-state index in [1.807, 2.05) is 0 Å². The van der Waals surface area contributed by atoms with Crippen molar-refractivity contribution in [2.75, 3.05) is 6.54 Å². The molecule has 1 atom stereocenters. The lowest BCUT2D eigenvalue weighted by atomic mass is 10.1. The van der Waals surface area contributed by atoms with Gasteiger partial charge in [-0.05, 0) is 25.0 Å². The number of hydrogen-bond acceptors (Lipinski definition) is 4. The molecule has 0 aromatic heterocycles. The molecule has 1 heterocycles. The number of carbonyl (C=O) groups is 2. The second-order valence-corrected chi connectivity index (χ2v) is 4.89. The number of benzene rings is 1. The molecule has 0 aliphatic carbocycles. The Balaban J connectivity index is 2.27. The third-order valence-electron chi connectivity index (χ3n) is 3.23. The topological polar surface area (TPSA) is 107 Å². The molecule has 7 nitrogen and oxygen atoms in total. The predicted octanol–water partition coefficient (Wildman–Crippen LogP) is 1.34. The number of nitro groups is 1. The maximum atomic E-state index is 12.3. The van der Waals surface area contributed by atoms with E-state index in [1.165, 1.54) is 23.1 Å². The third-order valence-corrected chi connectivity index (χ3v) is 3.54. The molecule has 0 saturated carbocycles. The first-order chi connectivity index (χ1) is 9.41. The number of hydrogen-bond donors (Lipinski definition) is 1. The van der Waals surface area contributed by atoms with E-state index in [4.69, 9.17) is 17.3 Å². The van der Waals surface area contributed by atoms with Gasteiger partial charge in [0.25, 0.3) is 11.6 Å². The Kier molecular flexibility index (Phi) is 3.89. The van der Waals surface area contributed by atoms with Crippen LogP contribution in [0.25, 0.3) is 0 Å². The largest absolute Gasteiger partial charge is 0.368 e. The molecule has 1 unspecified atom stereocenters. The molecule has 1 saturated heterocycles. The van der Waals surface area contributed by atoms with Crippen molar-refractivity contribution in [2.24, 2.45) is 5.73 Å². The average Bonchev–Trinajstić information content (AvgIpc) is 2.86. The van der Waals surface area contributed by atoms with Crippen LogP contribution in [-0.2, 0) is 4.79 Å². The summed E-state index contributed by atoms with van der Waals surface area (Å²) >= 11 is 5.77. The highest BCUT2D eigenvalue weighted by molar-refractivity contribution is 6.33. The zero-order valence-corrected chi connectivity index (χ0v) is 11.2. The van der Waals surface area contributed by atoms with E-state index in [0.29, 0.717) is 19.4 Å². The minimum absolute atomic E-state index is 0.115. The number of halogens is 1. The summed E-state index contributed by atoms with van der Waals surface area (Å²) in [6, 6.07) is 3.10. The number of nitro benzene ring substituents is 1. The fraction of sp³-hybridized carbons (Fsp3) is 0.333. The predicted molar refractivity (Wildman–Crippen MR) is 71.4 cm³/mol. The minimum atomic E-state index is -0.628. The molecule has 1 aromatic rings. The summed E-state index contributed by atoms with van der Waals surface area (Å²) in [6.45, 7) is 0.432. The molecule has 0 radical (unpaired) electrons. The van der Waals surface area contributed by atoms with Crippen LogP contribution in [0.5, 0.6) is 0 Å². The third kappa shape index (κ3) is 2.57. The summed E-state index contributed by atoms with van der Waals surface area (Å²) in [7, 11) is 0. The van der Waals surface area contributed by atoms with Crippen molar-refractivity contribution in [1.29, 1.82) is 0 Å². The van der Waals surface area contributed by atoms with Crippen LogP contribution in [0.4, 0.5) is 5.69 Å². The van der Waals surface area contributed by atoms with E-state index < -0.39 is 22.8 Å². The van der Waals surface area contributed by atoms with Gasteiger partial charge in [0.15, 0.2) is 0 Å². The van der Waals surface area contributed by atoms with E-state index in [-0.39, 0.29) is 16.3 Å². The lowest BCUT2D eigenvalue weighted by Gasteiger charge is -2.22. The Morgan fingerprint density at radius 1 is 1.45 bits per heavy atom. The molecule has 8 heteroatoms. The van der Waals surface area contributed by atoms with E-state index in [2.05, 4.69) is 0 Å². The number of rotatable bonds is 3. The lowest BCUT2D eigenvalue weighted by Crippen LogP contribution is -2.43. The second kappa shape index (κ2) is 5.46. The van der Waals surface area contributed by atoms with Crippen LogP contribution in [0.2, 0.25) is 5.02 Å². The molecule has 1 aromatic carbocycles. The molecule has 20 heavy (non-hydrogen) atoms. The number of nitrogens with zero attached hydrogens (tertiary/aromatic N) is 2. The van der Waals surface area contributed by atoms with Gasteiger partial charge in [-0.25, -0.2) is 0 Å². The number of primary amides is 1. The molecular weight excluding hydrogens is 286 g/mol. The lowest BCUT2D eigenvalue weighted by molar-refractivity contribution is -0.384. The molecule has 0 spiro atoms. The van der Waals surface area contributed by atoms with Crippen LogP contribution >= 0.6 is 11.6 Å². The molecule has 1 aliphatic heterocycles. The number of amides is 2. The van der Waals surface area contributed by atoms with Crippen molar-refractivity contribution in [2.45, 2.75) is 18.9 Å². The van der Waals surface area contributed by atoms with Crippen molar-refractivity contribution in [1.82, 2.24) is 4.90 Å². The van der Waals surface area contributed by atoms with Gasteiger partial charge in [-0.15, -0.1) is 0 Å². The zero-order chi connectivity index (χ0) is 14.9. The number of carbonyl (C=O) groups excluding carboxylic acids is 2. The molecule has 0 bridgehead atoms. The summed E-state index contributed by atoms with van der Waals surface area (Å²) in [5, 5.41) is 10.5. The van der Waals surface area contributed by atoms with Crippen molar-refractivity contribution in [3.05, 3.63) is 38.9 Å². The van der Waals surface area contributed by atoms with Gasteiger partial charge in [-0.2, -0.15) is 0 Å². The van der Waals surface area contributed by atoms with Gasteiger partial charge in [0, 0.05) is 18.2 Å². The zero-order valence-electron chi connectivity index (χ0n) is 10.4. The maximum Gasteiger partial charge on any atom is 0.287 e. The van der Waals surface area contributed by atoms with Gasteiger partial charge in [0.1, 0.15) is 11.1 Å². The van der Waals surface area contributed by atoms with Crippen LogP contribution in [-0.4, -0.2) is 34.2 Å². The first kappa shape index (κ1) is 14.3. The summed E-state index contributed by atoms with van der Waals surface area (Å²) in [5.74, 6) is -0.952. The fourth-order valence-corrected chi connectivity index (χ4v) is 2.51. The highest BCUT2D eigenvalue weighted by atomic mass is 35.5. The normalized spacial score (nSPS) is 18.1. The van der Waals surface area contributed by atoms with Crippen LogP contribution in [0.3, 0.4) is 0 Å². The van der Waals surface area contributed by atoms with Crippen molar-refractivity contribution < 1.29 is 14.5 Å². The molecule has 1 aliphatic rings. The molecule has 2 rings (SSSR count). The van der Waals surface area contributed by atoms with Crippen molar-refractivity contribution >= 4 is 29.1 Å². The summed E-state index contributed by atoms with van der Waals surface area (Å²) in [6.07, 6.45) is 1.22. The van der Waals surface area contributed by atoms with Gasteiger partial charge in [0.05, 0.1) is 4.92 Å². The first-order valence-electron chi connectivity index (χ1n) is 5.96. The highest BCUT2D eigenvalue weighted by Gasteiger charge is 2.33. The Hall–Kier alpha value is -2.15. The molecule has 2 N–H and O–H groups in total. The molecule has 106 valence electrons. The van der Waals surface area contributed by atoms with E-state index in [9.17, 15) is 19.7 Å². The van der Waals surface area contributed by atoms with E-state index in [1.54, 1.807) is 0 Å². The monoisotopic (exact) mass is 297 g/mol. The number of likely N-dealkylation sites (tertiary alicyclic amines) is 1. The highest BCUT2D eigenvalue weighted by Crippen LogP contribution is 2.27.